The summed E-state index contributed by atoms with van der Waals surface area (Å²) in [5.41, 5.74) is 1.83. The summed E-state index contributed by atoms with van der Waals surface area (Å²) in [4.78, 5) is 11.9. The molecule has 0 saturated heterocycles. The number of hydrogen-bond donors (Lipinski definition) is 1. The van der Waals surface area contributed by atoms with Crippen LogP contribution >= 0.6 is 0 Å². The van der Waals surface area contributed by atoms with Gasteiger partial charge in [-0.2, -0.15) is 0 Å². The third-order valence-corrected chi connectivity index (χ3v) is 8.22. The van der Waals surface area contributed by atoms with Gasteiger partial charge in [0, 0.05) is 12.8 Å². The summed E-state index contributed by atoms with van der Waals surface area (Å²) in [7, 11) is 0. The van der Waals surface area contributed by atoms with Crippen molar-refractivity contribution >= 4 is 5.78 Å². The predicted octanol–water partition coefficient (Wildman–Crippen LogP) is 4.13. The Morgan fingerprint density at radius 2 is 1.91 bits per heavy atom. The monoisotopic (exact) mass is 302 g/mol. The number of allylic oxidation sites excluding steroid dienone is 2. The van der Waals surface area contributed by atoms with Gasteiger partial charge in [-0.1, -0.05) is 32.4 Å². The number of carbonyl (C=O) groups excluding carboxylic acids is 1. The average Bonchev–Trinajstić information content (AvgIpc) is 2.77. The molecule has 0 spiro atoms. The van der Waals surface area contributed by atoms with E-state index in [-0.39, 0.29) is 16.9 Å². The lowest BCUT2D eigenvalue weighted by atomic mass is 9.46. The Morgan fingerprint density at radius 3 is 2.68 bits per heavy atom. The van der Waals surface area contributed by atoms with E-state index < -0.39 is 0 Å². The van der Waals surface area contributed by atoms with Crippen LogP contribution in [0.5, 0.6) is 0 Å². The molecule has 22 heavy (non-hydrogen) atoms. The molecule has 2 nitrogen and oxygen atoms in total. The number of rotatable bonds is 0. The van der Waals surface area contributed by atoms with Crippen LogP contribution in [0.15, 0.2) is 11.6 Å². The highest BCUT2D eigenvalue weighted by molar-refractivity contribution is 5.82. The summed E-state index contributed by atoms with van der Waals surface area (Å²) in [5, 5.41) is 10.5. The van der Waals surface area contributed by atoms with Crippen molar-refractivity contribution in [2.75, 3.05) is 0 Å². The van der Waals surface area contributed by atoms with Gasteiger partial charge in [-0.15, -0.1) is 0 Å². The summed E-state index contributed by atoms with van der Waals surface area (Å²) < 4.78 is 0. The number of aliphatic hydroxyl groups excluding tert-OH is 1. The molecular weight excluding hydrogens is 272 g/mol. The SMILES string of the molecule is C[C@H]1C=C2CC(=O)CC[C@]2(C)[C@H]2CC[C@]3(C)[C@@H](O)CC[C@H]3[C@H]12. The third kappa shape index (κ3) is 1.79. The van der Waals surface area contributed by atoms with E-state index >= 15 is 0 Å². The summed E-state index contributed by atoms with van der Waals surface area (Å²) in [6.07, 6.45) is 9.47. The van der Waals surface area contributed by atoms with Crippen molar-refractivity contribution in [1.29, 1.82) is 0 Å². The molecule has 0 aromatic heterocycles. The Kier molecular flexibility index (Phi) is 3.18. The smallest absolute Gasteiger partial charge is 0.136 e. The predicted molar refractivity (Wildman–Crippen MR) is 87.3 cm³/mol. The van der Waals surface area contributed by atoms with Gasteiger partial charge in [0.05, 0.1) is 6.10 Å². The highest BCUT2D eigenvalue weighted by atomic mass is 16.3. The number of ketones is 1. The minimum atomic E-state index is -0.100. The minimum Gasteiger partial charge on any atom is -0.393 e. The Hall–Kier alpha value is -0.630. The fourth-order valence-corrected chi connectivity index (χ4v) is 6.81. The molecule has 3 fully saturated rings. The van der Waals surface area contributed by atoms with Gasteiger partial charge < -0.3 is 5.11 Å². The van der Waals surface area contributed by atoms with E-state index in [0.29, 0.717) is 30.0 Å². The fourth-order valence-electron chi connectivity index (χ4n) is 6.81. The molecule has 0 bridgehead atoms. The van der Waals surface area contributed by atoms with Crippen LogP contribution < -0.4 is 0 Å². The number of hydrogen-bond acceptors (Lipinski definition) is 2. The molecule has 122 valence electrons. The highest BCUT2D eigenvalue weighted by Gasteiger charge is 2.59. The van der Waals surface area contributed by atoms with E-state index in [0.717, 1.165) is 25.2 Å². The normalized spacial score (nSPS) is 54.3. The van der Waals surface area contributed by atoms with Gasteiger partial charge in [0.15, 0.2) is 0 Å². The van der Waals surface area contributed by atoms with Gasteiger partial charge in [-0.25, -0.2) is 0 Å². The number of Topliss-reactive ketones (excluding diaryl/α,β-unsaturated/α-hetero) is 1. The van der Waals surface area contributed by atoms with E-state index in [1.807, 2.05) is 0 Å². The maximum Gasteiger partial charge on any atom is 0.136 e. The largest absolute Gasteiger partial charge is 0.393 e. The maximum atomic E-state index is 11.9. The summed E-state index contributed by atoms with van der Waals surface area (Å²) in [5.74, 6) is 3.10. The van der Waals surface area contributed by atoms with Gasteiger partial charge in [0.25, 0.3) is 0 Å². The second-order valence-electron chi connectivity index (χ2n) is 9.11. The first-order valence-electron chi connectivity index (χ1n) is 9.27. The van der Waals surface area contributed by atoms with Gasteiger partial charge >= 0.3 is 0 Å². The van der Waals surface area contributed by atoms with Crippen molar-refractivity contribution in [1.82, 2.24) is 0 Å². The lowest BCUT2D eigenvalue weighted by Crippen LogP contribution is -2.53. The Bertz CT molecular complexity index is 536. The van der Waals surface area contributed by atoms with Crippen molar-refractivity contribution < 1.29 is 9.90 Å². The minimum absolute atomic E-state index is 0.100. The van der Waals surface area contributed by atoms with E-state index in [1.165, 1.54) is 24.8 Å². The average molecular weight is 302 g/mol. The van der Waals surface area contributed by atoms with Gasteiger partial charge in [-0.3, -0.25) is 4.79 Å². The molecule has 4 aliphatic carbocycles. The Morgan fingerprint density at radius 1 is 1.14 bits per heavy atom. The zero-order valence-corrected chi connectivity index (χ0v) is 14.3. The third-order valence-electron chi connectivity index (χ3n) is 8.22. The molecule has 0 aromatic carbocycles. The summed E-state index contributed by atoms with van der Waals surface area (Å²) in [6.45, 7) is 7.13. The van der Waals surface area contributed by atoms with E-state index in [9.17, 15) is 9.90 Å². The van der Waals surface area contributed by atoms with Crippen LogP contribution in [0.3, 0.4) is 0 Å². The van der Waals surface area contributed by atoms with Crippen LogP contribution in [0.4, 0.5) is 0 Å². The molecule has 0 radical (unpaired) electrons. The molecule has 0 aromatic rings. The molecule has 1 N–H and O–H groups in total. The standard InChI is InChI=1S/C20H30O2/c1-12-10-13-11-14(21)6-8-19(13,2)16-7-9-20(3)15(18(12)16)4-5-17(20)22/h10,12,15-18,22H,4-9,11H2,1-3H3/t12-,15-,16-,17-,18-,19-,20-/m0/s1. The summed E-state index contributed by atoms with van der Waals surface area (Å²) >= 11 is 0. The van der Waals surface area contributed by atoms with Gasteiger partial charge in [0.2, 0.25) is 0 Å². The molecule has 2 heteroatoms. The molecule has 7 atom stereocenters. The first-order chi connectivity index (χ1) is 10.4. The van der Waals surface area contributed by atoms with Crippen molar-refractivity contribution in [3.05, 3.63) is 11.6 Å². The maximum absolute atomic E-state index is 11.9. The molecular formula is C20H30O2. The van der Waals surface area contributed by atoms with E-state index in [4.69, 9.17) is 0 Å². The Labute approximate surface area is 134 Å². The molecule has 4 aliphatic rings. The number of fused-ring (bicyclic) bond motifs is 5. The molecule has 0 heterocycles. The quantitative estimate of drug-likeness (QED) is 0.683. The summed E-state index contributed by atoms with van der Waals surface area (Å²) in [6, 6.07) is 0. The Balaban J connectivity index is 1.74. The topological polar surface area (TPSA) is 37.3 Å². The van der Waals surface area contributed by atoms with Crippen LogP contribution in [0.2, 0.25) is 0 Å². The van der Waals surface area contributed by atoms with E-state index in [1.54, 1.807) is 0 Å². The van der Waals surface area contributed by atoms with Crippen LogP contribution in [0.25, 0.3) is 0 Å². The first kappa shape index (κ1) is 14.9. The van der Waals surface area contributed by atoms with Crippen LogP contribution in [0.1, 0.15) is 65.7 Å². The van der Waals surface area contributed by atoms with Crippen molar-refractivity contribution in [2.45, 2.75) is 71.8 Å². The molecule has 4 rings (SSSR count). The van der Waals surface area contributed by atoms with Gasteiger partial charge in [0.1, 0.15) is 5.78 Å². The second-order valence-corrected chi connectivity index (χ2v) is 9.11. The molecule has 0 unspecified atom stereocenters. The zero-order chi connectivity index (χ0) is 15.7. The van der Waals surface area contributed by atoms with Crippen molar-refractivity contribution in [2.24, 2.45) is 34.5 Å². The molecule has 0 amide bonds. The molecule has 3 saturated carbocycles. The van der Waals surface area contributed by atoms with Gasteiger partial charge in [-0.05, 0) is 66.6 Å². The number of aliphatic hydroxyl groups is 1. The lowest BCUT2D eigenvalue weighted by molar-refractivity contribution is -0.123. The fraction of sp³-hybridized carbons (Fsp3) is 0.850. The number of carbonyl (C=O) groups is 1. The van der Waals surface area contributed by atoms with Crippen LogP contribution in [-0.4, -0.2) is 17.0 Å². The first-order valence-corrected chi connectivity index (χ1v) is 9.27. The second kappa shape index (κ2) is 4.69. The van der Waals surface area contributed by atoms with Crippen molar-refractivity contribution in [3.8, 4) is 0 Å². The van der Waals surface area contributed by atoms with Crippen molar-refractivity contribution in [3.63, 3.8) is 0 Å². The molecule has 0 aliphatic heterocycles. The zero-order valence-electron chi connectivity index (χ0n) is 14.3. The van der Waals surface area contributed by atoms with E-state index in [2.05, 4.69) is 26.8 Å². The lowest BCUT2D eigenvalue weighted by Gasteiger charge is -2.58. The van der Waals surface area contributed by atoms with Crippen LogP contribution in [-0.2, 0) is 4.79 Å². The highest BCUT2D eigenvalue weighted by Crippen LogP contribution is 2.65. The van der Waals surface area contributed by atoms with Crippen LogP contribution in [0, 0.1) is 34.5 Å².